The van der Waals surface area contributed by atoms with Gasteiger partial charge in [-0.1, -0.05) is 5.92 Å². The number of carbonyl (C=O) groups excluding carboxylic acids is 1. The van der Waals surface area contributed by atoms with E-state index < -0.39 is 63.5 Å². The van der Waals surface area contributed by atoms with Crippen molar-refractivity contribution in [1.82, 2.24) is 4.98 Å². The van der Waals surface area contributed by atoms with Crippen molar-refractivity contribution in [3.63, 3.8) is 0 Å². The Bertz CT molecular complexity index is 1280. The van der Waals surface area contributed by atoms with Crippen LogP contribution in [-0.2, 0) is 5.41 Å². The molecule has 0 radical (unpaired) electrons. The van der Waals surface area contributed by atoms with Crippen molar-refractivity contribution in [3.8, 4) is 24.0 Å². The predicted octanol–water partition coefficient (Wildman–Crippen LogP) is 5.21. The maximum absolute atomic E-state index is 14.6. The summed E-state index contributed by atoms with van der Waals surface area (Å²) in [6, 6.07) is 3.39. The van der Waals surface area contributed by atoms with Crippen LogP contribution in [0.2, 0.25) is 0 Å². The zero-order chi connectivity index (χ0) is 24.0. The standard InChI is InChI=1S/C22H13F6NO3/c1-5-22(2,3)11-8-13-9(7-12(11)23)6-10(20(29-13)31-4)21(30)32-19-17(27)15(25)14(24)16(26)18(19)28/h1,6-8H,2-4H3. The van der Waals surface area contributed by atoms with Crippen LogP contribution >= 0.6 is 0 Å². The number of carbonyl (C=O) groups is 1. The van der Waals surface area contributed by atoms with E-state index in [-0.39, 0.29) is 16.5 Å². The Hall–Kier alpha value is -3.74. The number of aromatic nitrogens is 1. The third-order valence-corrected chi connectivity index (χ3v) is 4.68. The smallest absolute Gasteiger partial charge is 0.349 e. The summed E-state index contributed by atoms with van der Waals surface area (Å²) in [5, 5.41) is 0.0595. The molecule has 0 fully saturated rings. The molecule has 0 N–H and O–H groups in total. The summed E-state index contributed by atoms with van der Waals surface area (Å²) >= 11 is 0. The molecular formula is C22H13F6NO3. The number of ether oxygens (including phenoxy) is 2. The number of methoxy groups -OCH3 is 1. The average Bonchev–Trinajstić information content (AvgIpc) is 2.77. The van der Waals surface area contributed by atoms with Gasteiger partial charge in [0, 0.05) is 10.9 Å². The van der Waals surface area contributed by atoms with Gasteiger partial charge >= 0.3 is 5.97 Å². The van der Waals surface area contributed by atoms with Crippen LogP contribution in [0.1, 0.15) is 29.8 Å². The van der Waals surface area contributed by atoms with E-state index in [1.54, 1.807) is 13.8 Å². The summed E-state index contributed by atoms with van der Waals surface area (Å²) in [5.41, 5.74) is -1.24. The van der Waals surface area contributed by atoms with Gasteiger partial charge in [-0.05, 0) is 32.0 Å². The fraction of sp³-hybridized carbons (Fsp3) is 0.182. The van der Waals surface area contributed by atoms with E-state index in [2.05, 4.69) is 15.6 Å². The molecule has 32 heavy (non-hydrogen) atoms. The molecule has 0 saturated heterocycles. The van der Waals surface area contributed by atoms with Crippen LogP contribution < -0.4 is 9.47 Å². The number of nitrogens with zero attached hydrogens (tertiary/aromatic N) is 1. The van der Waals surface area contributed by atoms with E-state index in [1.165, 1.54) is 6.07 Å². The van der Waals surface area contributed by atoms with Gasteiger partial charge in [0.2, 0.25) is 40.7 Å². The highest BCUT2D eigenvalue weighted by atomic mass is 19.2. The van der Waals surface area contributed by atoms with E-state index in [4.69, 9.17) is 11.2 Å². The highest BCUT2D eigenvalue weighted by molar-refractivity contribution is 5.97. The molecule has 0 aliphatic heterocycles. The van der Waals surface area contributed by atoms with Gasteiger partial charge in [0.05, 0.1) is 18.0 Å². The molecule has 0 saturated carbocycles. The van der Waals surface area contributed by atoms with Crippen LogP contribution in [0.3, 0.4) is 0 Å². The zero-order valence-corrected chi connectivity index (χ0v) is 16.7. The molecule has 166 valence electrons. The van der Waals surface area contributed by atoms with Gasteiger partial charge in [-0.15, -0.1) is 6.42 Å². The Morgan fingerprint density at radius 3 is 2.06 bits per heavy atom. The lowest BCUT2D eigenvalue weighted by molar-refractivity contribution is 0.0712. The van der Waals surface area contributed by atoms with Crippen molar-refractivity contribution in [2.24, 2.45) is 0 Å². The molecule has 3 aromatic rings. The van der Waals surface area contributed by atoms with Crippen molar-refractivity contribution >= 4 is 16.9 Å². The molecule has 0 amide bonds. The SMILES string of the molecule is C#CC(C)(C)c1cc2nc(OC)c(C(=O)Oc3c(F)c(F)c(F)c(F)c3F)cc2cc1F. The summed E-state index contributed by atoms with van der Waals surface area (Å²) in [6.45, 7) is 3.20. The monoisotopic (exact) mass is 453 g/mol. The normalized spacial score (nSPS) is 11.4. The molecule has 4 nitrogen and oxygen atoms in total. The van der Waals surface area contributed by atoms with E-state index in [9.17, 15) is 31.1 Å². The second-order valence-corrected chi connectivity index (χ2v) is 7.13. The second-order valence-electron chi connectivity index (χ2n) is 7.13. The van der Waals surface area contributed by atoms with Gasteiger partial charge in [0.1, 0.15) is 11.4 Å². The van der Waals surface area contributed by atoms with Gasteiger partial charge in [0.25, 0.3) is 0 Å². The van der Waals surface area contributed by atoms with Crippen molar-refractivity contribution in [3.05, 3.63) is 64.2 Å². The van der Waals surface area contributed by atoms with Gasteiger partial charge < -0.3 is 9.47 Å². The Labute approximate surface area is 177 Å². The van der Waals surface area contributed by atoms with E-state index in [0.29, 0.717) is 0 Å². The minimum atomic E-state index is -2.41. The quantitative estimate of drug-likeness (QED) is 0.136. The number of hydrogen-bond donors (Lipinski definition) is 0. The maximum Gasteiger partial charge on any atom is 0.349 e. The summed E-state index contributed by atoms with van der Waals surface area (Å²) in [4.78, 5) is 16.5. The van der Waals surface area contributed by atoms with Crippen LogP contribution in [-0.4, -0.2) is 18.1 Å². The molecule has 0 aliphatic rings. The molecule has 10 heteroatoms. The summed E-state index contributed by atoms with van der Waals surface area (Å²) in [5.74, 6) is -13.7. The lowest BCUT2D eigenvalue weighted by Crippen LogP contribution is -2.17. The summed E-state index contributed by atoms with van der Waals surface area (Å²) in [7, 11) is 1.11. The zero-order valence-electron chi connectivity index (χ0n) is 16.7. The third kappa shape index (κ3) is 3.70. The molecule has 0 unspecified atom stereocenters. The van der Waals surface area contributed by atoms with Crippen LogP contribution in [0.4, 0.5) is 26.3 Å². The largest absolute Gasteiger partial charge is 0.480 e. The fourth-order valence-electron chi connectivity index (χ4n) is 2.86. The van der Waals surface area contributed by atoms with Crippen molar-refractivity contribution < 1.29 is 40.6 Å². The first-order valence-electron chi connectivity index (χ1n) is 8.83. The average molecular weight is 453 g/mol. The second kappa shape index (κ2) is 8.07. The Morgan fingerprint density at radius 2 is 1.53 bits per heavy atom. The van der Waals surface area contributed by atoms with E-state index >= 15 is 0 Å². The number of rotatable bonds is 4. The van der Waals surface area contributed by atoms with Crippen LogP contribution in [0.15, 0.2) is 18.2 Å². The van der Waals surface area contributed by atoms with Gasteiger partial charge in [0.15, 0.2) is 0 Å². The minimum Gasteiger partial charge on any atom is -0.480 e. The van der Waals surface area contributed by atoms with Gasteiger partial charge in [-0.2, -0.15) is 8.78 Å². The number of benzene rings is 2. The lowest BCUT2D eigenvalue weighted by Gasteiger charge is -2.19. The number of hydrogen-bond acceptors (Lipinski definition) is 4. The summed E-state index contributed by atoms with van der Waals surface area (Å²) in [6.07, 6.45) is 5.44. The van der Waals surface area contributed by atoms with E-state index in [0.717, 1.165) is 19.2 Å². The molecule has 0 bridgehead atoms. The maximum atomic E-state index is 14.6. The fourth-order valence-corrected chi connectivity index (χ4v) is 2.86. The molecule has 3 rings (SSSR count). The number of fused-ring (bicyclic) bond motifs is 1. The lowest BCUT2D eigenvalue weighted by atomic mass is 9.84. The topological polar surface area (TPSA) is 48.4 Å². The highest BCUT2D eigenvalue weighted by Crippen LogP contribution is 2.33. The Balaban J connectivity index is 2.13. The highest BCUT2D eigenvalue weighted by Gasteiger charge is 2.30. The summed E-state index contributed by atoms with van der Waals surface area (Å²) < 4.78 is 91.6. The van der Waals surface area contributed by atoms with Crippen LogP contribution in [0.5, 0.6) is 11.6 Å². The Kier molecular flexibility index (Phi) is 5.78. The molecule has 0 atom stereocenters. The molecule has 0 aliphatic carbocycles. The molecular weight excluding hydrogens is 440 g/mol. The number of pyridine rings is 1. The molecule has 1 heterocycles. The number of esters is 1. The van der Waals surface area contributed by atoms with E-state index in [1.807, 2.05) is 0 Å². The molecule has 0 spiro atoms. The molecule has 2 aromatic carbocycles. The van der Waals surface area contributed by atoms with Crippen LogP contribution in [0, 0.1) is 47.2 Å². The first kappa shape index (κ1) is 22.9. The van der Waals surface area contributed by atoms with Crippen LogP contribution in [0.25, 0.3) is 10.9 Å². The minimum absolute atomic E-state index is 0.0595. The third-order valence-electron chi connectivity index (χ3n) is 4.68. The number of terminal acetylenes is 1. The van der Waals surface area contributed by atoms with Gasteiger partial charge in [-0.3, -0.25) is 0 Å². The molecule has 1 aromatic heterocycles. The van der Waals surface area contributed by atoms with Gasteiger partial charge in [-0.25, -0.2) is 27.3 Å². The Morgan fingerprint density at radius 1 is 0.969 bits per heavy atom. The van der Waals surface area contributed by atoms with Crippen molar-refractivity contribution in [2.75, 3.05) is 7.11 Å². The van der Waals surface area contributed by atoms with Crippen molar-refractivity contribution in [1.29, 1.82) is 0 Å². The predicted molar refractivity (Wildman–Crippen MR) is 101 cm³/mol. The number of halogens is 6. The van der Waals surface area contributed by atoms with Crippen molar-refractivity contribution in [2.45, 2.75) is 19.3 Å². The first-order chi connectivity index (χ1) is 14.9. The first-order valence-corrected chi connectivity index (χ1v) is 8.83.